The molecule has 3 heteroatoms. The number of carbonyl (C=O) groups excluding carboxylic acids is 1. The minimum Gasteiger partial charge on any atom is -0.433 e. The summed E-state index contributed by atoms with van der Waals surface area (Å²) in [6, 6.07) is 0. The van der Waals surface area contributed by atoms with E-state index in [0.717, 1.165) is 6.26 Å². The largest absolute Gasteiger partial charge is 0.433 e. The van der Waals surface area contributed by atoms with Gasteiger partial charge in [-0.2, -0.15) is 0 Å². The fourth-order valence-electron chi connectivity index (χ4n) is 0.301. The van der Waals surface area contributed by atoms with Crippen molar-refractivity contribution in [3.63, 3.8) is 0 Å². The van der Waals surface area contributed by atoms with E-state index in [2.05, 4.69) is 11.3 Å². The number of carbonyl (C=O) groups is 1. The van der Waals surface area contributed by atoms with Crippen molar-refractivity contribution in [1.29, 1.82) is 0 Å². The molecule has 0 aromatic rings. The van der Waals surface area contributed by atoms with Gasteiger partial charge in [-0.3, -0.25) is 0 Å². The van der Waals surface area contributed by atoms with Crippen LogP contribution in [-0.4, -0.2) is 18.7 Å². The first-order valence-electron chi connectivity index (χ1n) is 2.91. The van der Waals surface area contributed by atoms with Gasteiger partial charge in [-0.15, -0.1) is 0 Å². The summed E-state index contributed by atoms with van der Waals surface area (Å²) in [5.74, 6) is -0.440. The summed E-state index contributed by atoms with van der Waals surface area (Å²) in [6.45, 7) is 6.50. The molecule has 0 atom stereocenters. The number of hydrogen-bond donors (Lipinski definition) is 0. The monoisotopic (exact) mass is 144 g/mol. The van der Waals surface area contributed by atoms with Crippen molar-refractivity contribution in [3.8, 4) is 0 Å². The third-order valence-electron chi connectivity index (χ3n) is 1.19. The molecule has 0 aromatic carbocycles. The quantitative estimate of drug-likeness (QED) is 0.439. The molecular weight excluding hydrogens is 132 g/mol. The highest BCUT2D eigenvalue weighted by atomic mass is 16.6. The Hall–Kier alpha value is -0.830. The van der Waals surface area contributed by atoms with Crippen LogP contribution in [-0.2, 0) is 14.3 Å². The van der Waals surface area contributed by atoms with Gasteiger partial charge in [0.05, 0.1) is 6.26 Å². The maximum atomic E-state index is 10.9. The Morgan fingerprint density at radius 2 is 2.10 bits per heavy atom. The van der Waals surface area contributed by atoms with Crippen molar-refractivity contribution in [3.05, 3.63) is 12.8 Å². The molecule has 0 amide bonds. The van der Waals surface area contributed by atoms with Gasteiger partial charge < -0.3 is 9.47 Å². The Labute approximate surface area is 60.6 Å². The lowest BCUT2D eigenvalue weighted by atomic mass is 10.1. The maximum absolute atomic E-state index is 10.9. The van der Waals surface area contributed by atoms with Gasteiger partial charge in [0, 0.05) is 7.11 Å². The summed E-state index contributed by atoms with van der Waals surface area (Å²) < 4.78 is 9.33. The van der Waals surface area contributed by atoms with Crippen LogP contribution in [0.2, 0.25) is 0 Å². The number of esters is 1. The highest BCUT2D eigenvalue weighted by molar-refractivity contribution is 5.78. The van der Waals surface area contributed by atoms with Gasteiger partial charge >= 0.3 is 5.97 Å². The van der Waals surface area contributed by atoms with Crippen LogP contribution in [0.4, 0.5) is 0 Å². The third-order valence-corrected chi connectivity index (χ3v) is 1.19. The Balaban J connectivity index is 4.03. The summed E-state index contributed by atoms with van der Waals surface area (Å²) in [6.07, 6.45) is 1.09. The number of rotatable bonds is 3. The highest BCUT2D eigenvalue weighted by Gasteiger charge is 2.27. The maximum Gasteiger partial charge on any atom is 0.342 e. The van der Waals surface area contributed by atoms with Crippen molar-refractivity contribution in [2.75, 3.05) is 7.11 Å². The van der Waals surface area contributed by atoms with Gasteiger partial charge in [-0.05, 0) is 13.8 Å². The minimum absolute atomic E-state index is 0.440. The van der Waals surface area contributed by atoms with Crippen LogP contribution in [0.25, 0.3) is 0 Å². The molecule has 0 rings (SSSR count). The van der Waals surface area contributed by atoms with Crippen LogP contribution < -0.4 is 0 Å². The average Bonchev–Trinajstić information content (AvgIpc) is 1.89. The van der Waals surface area contributed by atoms with Crippen molar-refractivity contribution in [2.45, 2.75) is 19.4 Å². The zero-order chi connectivity index (χ0) is 8.20. The summed E-state index contributed by atoms with van der Waals surface area (Å²) in [5, 5.41) is 0. The Morgan fingerprint density at radius 1 is 1.60 bits per heavy atom. The van der Waals surface area contributed by atoms with Crippen LogP contribution in [0.1, 0.15) is 13.8 Å². The number of ether oxygens (including phenoxy) is 2. The van der Waals surface area contributed by atoms with E-state index in [9.17, 15) is 4.79 Å². The minimum atomic E-state index is -0.881. The molecule has 3 nitrogen and oxygen atoms in total. The standard InChI is InChI=1S/C7H12O3/c1-5-10-6(8)7(2,3)9-4/h5H,1H2,2-4H3. The predicted octanol–water partition coefficient (Wildman–Crippen LogP) is 1.10. The SMILES string of the molecule is C=COC(=O)C(C)(C)OC. The van der Waals surface area contributed by atoms with Crippen LogP contribution in [0, 0.1) is 0 Å². The predicted molar refractivity (Wildman–Crippen MR) is 37.4 cm³/mol. The zero-order valence-corrected chi connectivity index (χ0v) is 6.51. The molecule has 0 saturated heterocycles. The number of hydrogen-bond acceptors (Lipinski definition) is 3. The molecule has 0 fully saturated rings. The molecule has 0 saturated carbocycles. The Morgan fingerprint density at radius 3 is 2.40 bits per heavy atom. The number of methoxy groups -OCH3 is 1. The molecule has 0 radical (unpaired) electrons. The summed E-state index contributed by atoms with van der Waals surface area (Å²) in [5.41, 5.74) is -0.881. The van der Waals surface area contributed by atoms with Crippen molar-refractivity contribution < 1.29 is 14.3 Å². The third kappa shape index (κ3) is 2.19. The first kappa shape index (κ1) is 9.17. The van der Waals surface area contributed by atoms with E-state index in [0.29, 0.717) is 0 Å². The van der Waals surface area contributed by atoms with Gasteiger partial charge in [-0.25, -0.2) is 4.79 Å². The van der Waals surface area contributed by atoms with E-state index in [4.69, 9.17) is 4.74 Å². The fourth-order valence-corrected chi connectivity index (χ4v) is 0.301. The van der Waals surface area contributed by atoms with E-state index in [1.54, 1.807) is 13.8 Å². The molecule has 0 aliphatic rings. The molecule has 0 bridgehead atoms. The highest BCUT2D eigenvalue weighted by Crippen LogP contribution is 2.09. The molecule has 0 aliphatic carbocycles. The second kappa shape index (κ2) is 3.37. The first-order chi connectivity index (χ1) is 4.54. The molecule has 0 spiro atoms. The molecule has 0 aromatic heterocycles. The second-order valence-electron chi connectivity index (χ2n) is 2.29. The summed E-state index contributed by atoms with van der Waals surface area (Å²) in [7, 11) is 1.45. The van der Waals surface area contributed by atoms with E-state index in [1.807, 2.05) is 0 Å². The van der Waals surface area contributed by atoms with Crippen molar-refractivity contribution >= 4 is 5.97 Å². The van der Waals surface area contributed by atoms with Crippen LogP contribution in [0.3, 0.4) is 0 Å². The van der Waals surface area contributed by atoms with E-state index in [1.165, 1.54) is 7.11 Å². The van der Waals surface area contributed by atoms with Gasteiger partial charge in [0.2, 0.25) is 0 Å². The van der Waals surface area contributed by atoms with Crippen LogP contribution >= 0.6 is 0 Å². The van der Waals surface area contributed by atoms with Crippen molar-refractivity contribution in [2.24, 2.45) is 0 Å². The molecule has 0 unspecified atom stereocenters. The molecule has 0 aliphatic heterocycles. The molecular formula is C7H12O3. The Bertz CT molecular complexity index is 138. The van der Waals surface area contributed by atoms with Gasteiger partial charge in [0.1, 0.15) is 0 Å². The Kier molecular flexibility index (Phi) is 3.09. The lowest BCUT2D eigenvalue weighted by molar-refractivity contribution is -0.158. The first-order valence-corrected chi connectivity index (χ1v) is 2.91. The van der Waals surface area contributed by atoms with E-state index < -0.39 is 11.6 Å². The zero-order valence-electron chi connectivity index (χ0n) is 6.51. The molecule has 10 heavy (non-hydrogen) atoms. The lowest BCUT2D eigenvalue weighted by Gasteiger charge is -2.18. The smallest absolute Gasteiger partial charge is 0.342 e. The van der Waals surface area contributed by atoms with Crippen LogP contribution in [0.5, 0.6) is 0 Å². The lowest BCUT2D eigenvalue weighted by Crippen LogP contribution is -2.34. The average molecular weight is 144 g/mol. The van der Waals surface area contributed by atoms with Crippen LogP contribution in [0.15, 0.2) is 12.8 Å². The van der Waals surface area contributed by atoms with Crippen molar-refractivity contribution in [1.82, 2.24) is 0 Å². The topological polar surface area (TPSA) is 35.5 Å². The van der Waals surface area contributed by atoms with E-state index >= 15 is 0 Å². The normalized spacial score (nSPS) is 10.7. The second-order valence-corrected chi connectivity index (χ2v) is 2.29. The van der Waals surface area contributed by atoms with Gasteiger partial charge in [-0.1, -0.05) is 6.58 Å². The summed E-state index contributed by atoms with van der Waals surface area (Å²) >= 11 is 0. The summed E-state index contributed by atoms with van der Waals surface area (Å²) in [4.78, 5) is 10.9. The molecule has 58 valence electrons. The fraction of sp³-hybridized carbons (Fsp3) is 0.571. The van der Waals surface area contributed by atoms with E-state index in [-0.39, 0.29) is 0 Å². The van der Waals surface area contributed by atoms with Gasteiger partial charge in [0.25, 0.3) is 0 Å². The molecule has 0 heterocycles. The van der Waals surface area contributed by atoms with Gasteiger partial charge in [0.15, 0.2) is 5.60 Å². The molecule has 0 N–H and O–H groups in total.